The number of rotatable bonds is 4. The average molecular weight is 375 g/mol. The molecule has 1 aliphatic heterocycles. The van der Waals surface area contributed by atoms with E-state index >= 15 is 0 Å². The molecule has 1 unspecified atom stereocenters. The molecule has 0 amide bonds. The van der Waals surface area contributed by atoms with E-state index in [9.17, 15) is 8.42 Å². The van der Waals surface area contributed by atoms with Crippen LogP contribution in [0.4, 0.5) is 0 Å². The zero-order valence-electron chi connectivity index (χ0n) is 15.8. The van der Waals surface area contributed by atoms with Gasteiger partial charge in [-0.15, -0.1) is 0 Å². The van der Waals surface area contributed by atoms with E-state index in [-0.39, 0.29) is 11.5 Å². The molecule has 1 fully saturated rings. The first-order valence-electron chi connectivity index (χ1n) is 8.87. The lowest BCUT2D eigenvalue weighted by Gasteiger charge is -2.20. The van der Waals surface area contributed by atoms with Crippen molar-refractivity contribution >= 4 is 10.0 Å². The fraction of sp³-hybridized carbons (Fsp3) is 0.450. The zero-order chi connectivity index (χ0) is 18.9. The monoisotopic (exact) mass is 374 g/mol. The normalized spacial score (nSPS) is 18.8. The third-order valence-electron chi connectivity index (χ3n) is 4.62. The molecule has 5 nitrogen and oxygen atoms in total. The van der Waals surface area contributed by atoms with Crippen LogP contribution < -0.4 is 4.74 Å². The van der Waals surface area contributed by atoms with Crippen molar-refractivity contribution in [1.82, 2.24) is 9.29 Å². The third kappa shape index (κ3) is 4.07. The van der Waals surface area contributed by atoms with Crippen LogP contribution in [0.25, 0.3) is 0 Å². The number of nitrogens with zero attached hydrogens (tertiary/aromatic N) is 2. The molecule has 1 aromatic heterocycles. The molecule has 6 heteroatoms. The molecular weight excluding hydrogens is 348 g/mol. The van der Waals surface area contributed by atoms with Crippen LogP contribution in [-0.2, 0) is 15.4 Å². The summed E-state index contributed by atoms with van der Waals surface area (Å²) in [5, 5.41) is 0. The second kappa shape index (κ2) is 7.00. The highest BCUT2D eigenvalue weighted by Gasteiger charge is 2.34. The van der Waals surface area contributed by atoms with E-state index < -0.39 is 10.0 Å². The Labute approximate surface area is 156 Å². The minimum Gasteiger partial charge on any atom is -0.473 e. The summed E-state index contributed by atoms with van der Waals surface area (Å²) in [6, 6.07) is 12.8. The maximum atomic E-state index is 12.9. The van der Waals surface area contributed by atoms with E-state index in [2.05, 4.69) is 25.8 Å². The number of sulfonamides is 1. The lowest BCUT2D eigenvalue weighted by atomic mass is 9.87. The van der Waals surface area contributed by atoms with Crippen molar-refractivity contribution in [2.75, 3.05) is 13.1 Å². The fourth-order valence-corrected chi connectivity index (χ4v) is 4.53. The topological polar surface area (TPSA) is 59.5 Å². The van der Waals surface area contributed by atoms with Crippen LogP contribution in [0.1, 0.15) is 38.4 Å². The standard InChI is InChI=1S/C20H26N2O3S/c1-15-6-5-7-19(21-15)25-17-12-13-22(14-17)26(23,24)18-10-8-16(9-11-18)20(2,3)4/h5-11,17H,12-14H2,1-4H3. The Hall–Kier alpha value is -1.92. The number of aromatic nitrogens is 1. The smallest absolute Gasteiger partial charge is 0.243 e. The lowest BCUT2D eigenvalue weighted by molar-refractivity contribution is 0.206. The summed E-state index contributed by atoms with van der Waals surface area (Å²) in [4.78, 5) is 4.66. The summed E-state index contributed by atoms with van der Waals surface area (Å²) in [5.74, 6) is 0.545. The molecule has 0 saturated carbocycles. The third-order valence-corrected chi connectivity index (χ3v) is 6.50. The Kier molecular flexibility index (Phi) is 5.08. The molecule has 3 rings (SSSR count). The van der Waals surface area contributed by atoms with Gasteiger partial charge in [0.2, 0.25) is 15.9 Å². The Morgan fingerprint density at radius 3 is 2.42 bits per heavy atom. The summed E-state index contributed by atoms with van der Waals surface area (Å²) < 4.78 is 33.2. The molecule has 1 saturated heterocycles. The van der Waals surface area contributed by atoms with Gasteiger partial charge in [0.1, 0.15) is 6.10 Å². The highest BCUT2D eigenvalue weighted by molar-refractivity contribution is 7.89. The van der Waals surface area contributed by atoms with Crippen LogP contribution in [0.15, 0.2) is 47.4 Å². The molecule has 0 spiro atoms. The van der Waals surface area contributed by atoms with E-state index in [4.69, 9.17) is 4.74 Å². The van der Waals surface area contributed by atoms with Gasteiger partial charge in [-0.3, -0.25) is 0 Å². The second-order valence-electron chi connectivity index (χ2n) is 7.78. The maximum Gasteiger partial charge on any atom is 0.243 e. The first-order valence-corrected chi connectivity index (χ1v) is 10.3. The Bertz CT molecular complexity index is 871. The van der Waals surface area contributed by atoms with Gasteiger partial charge in [0.05, 0.1) is 11.4 Å². The molecular formula is C20H26N2O3S. The molecule has 2 aromatic rings. The Morgan fingerprint density at radius 1 is 1.12 bits per heavy atom. The van der Waals surface area contributed by atoms with Gasteiger partial charge in [0, 0.05) is 18.3 Å². The van der Waals surface area contributed by atoms with Gasteiger partial charge in [-0.2, -0.15) is 4.31 Å². The largest absolute Gasteiger partial charge is 0.473 e. The molecule has 1 aromatic carbocycles. The van der Waals surface area contributed by atoms with Gasteiger partial charge < -0.3 is 4.74 Å². The molecule has 26 heavy (non-hydrogen) atoms. The van der Waals surface area contributed by atoms with E-state index in [1.807, 2.05) is 31.2 Å². The van der Waals surface area contributed by atoms with Gasteiger partial charge in [0.25, 0.3) is 0 Å². The van der Waals surface area contributed by atoms with E-state index in [0.29, 0.717) is 30.3 Å². The zero-order valence-corrected chi connectivity index (χ0v) is 16.6. The minimum absolute atomic E-state index is 0.00428. The summed E-state index contributed by atoms with van der Waals surface area (Å²) in [6.07, 6.45) is 0.488. The van der Waals surface area contributed by atoms with Gasteiger partial charge in [-0.25, -0.2) is 13.4 Å². The van der Waals surface area contributed by atoms with Crippen LogP contribution in [0, 0.1) is 6.92 Å². The van der Waals surface area contributed by atoms with Gasteiger partial charge >= 0.3 is 0 Å². The highest BCUT2D eigenvalue weighted by atomic mass is 32.2. The summed E-state index contributed by atoms with van der Waals surface area (Å²) in [6.45, 7) is 9.03. The predicted molar refractivity (Wildman–Crippen MR) is 102 cm³/mol. The molecule has 1 aliphatic rings. The number of hydrogen-bond acceptors (Lipinski definition) is 4. The van der Waals surface area contributed by atoms with Gasteiger partial charge in [0.15, 0.2) is 0 Å². The van der Waals surface area contributed by atoms with E-state index in [0.717, 1.165) is 11.3 Å². The lowest BCUT2D eigenvalue weighted by Crippen LogP contribution is -2.31. The Balaban J connectivity index is 1.71. The van der Waals surface area contributed by atoms with Gasteiger partial charge in [-0.1, -0.05) is 39.0 Å². The number of ether oxygens (including phenoxy) is 1. The van der Waals surface area contributed by atoms with Crippen LogP contribution in [-0.4, -0.2) is 36.9 Å². The van der Waals surface area contributed by atoms with Crippen LogP contribution in [0.5, 0.6) is 5.88 Å². The molecule has 140 valence electrons. The molecule has 0 bridgehead atoms. The molecule has 2 heterocycles. The maximum absolute atomic E-state index is 12.9. The van der Waals surface area contributed by atoms with Crippen molar-refractivity contribution in [3.05, 3.63) is 53.7 Å². The number of pyridine rings is 1. The van der Waals surface area contributed by atoms with E-state index in [1.54, 1.807) is 18.2 Å². The second-order valence-corrected chi connectivity index (χ2v) is 9.72. The number of benzene rings is 1. The van der Waals surface area contributed by atoms with Crippen molar-refractivity contribution in [2.45, 2.75) is 50.5 Å². The molecule has 1 atom stereocenters. The Morgan fingerprint density at radius 2 is 1.81 bits per heavy atom. The molecule has 0 N–H and O–H groups in total. The molecule has 0 radical (unpaired) electrons. The predicted octanol–water partition coefficient (Wildman–Crippen LogP) is 3.53. The highest BCUT2D eigenvalue weighted by Crippen LogP contribution is 2.27. The minimum atomic E-state index is -3.50. The number of hydrogen-bond donors (Lipinski definition) is 0. The van der Waals surface area contributed by atoms with Crippen LogP contribution >= 0.6 is 0 Å². The van der Waals surface area contributed by atoms with Crippen molar-refractivity contribution in [2.24, 2.45) is 0 Å². The number of aryl methyl sites for hydroxylation is 1. The quantitative estimate of drug-likeness (QED) is 0.821. The average Bonchev–Trinajstić information content (AvgIpc) is 3.03. The summed E-state index contributed by atoms with van der Waals surface area (Å²) in [5.41, 5.74) is 1.99. The van der Waals surface area contributed by atoms with Gasteiger partial charge in [-0.05, 0) is 42.5 Å². The first kappa shape index (κ1) is 18.9. The molecule has 0 aliphatic carbocycles. The summed E-state index contributed by atoms with van der Waals surface area (Å²) in [7, 11) is -3.50. The van der Waals surface area contributed by atoms with Crippen molar-refractivity contribution in [1.29, 1.82) is 0 Å². The summed E-state index contributed by atoms with van der Waals surface area (Å²) >= 11 is 0. The van der Waals surface area contributed by atoms with Crippen molar-refractivity contribution < 1.29 is 13.2 Å². The van der Waals surface area contributed by atoms with Crippen LogP contribution in [0.2, 0.25) is 0 Å². The van der Waals surface area contributed by atoms with E-state index in [1.165, 1.54) is 4.31 Å². The van der Waals surface area contributed by atoms with Crippen LogP contribution in [0.3, 0.4) is 0 Å². The van der Waals surface area contributed by atoms with Crippen molar-refractivity contribution in [3.8, 4) is 5.88 Å². The fourth-order valence-electron chi connectivity index (χ4n) is 3.04. The SMILES string of the molecule is Cc1cccc(OC2CCN(S(=O)(=O)c3ccc(C(C)(C)C)cc3)C2)n1. The van der Waals surface area contributed by atoms with Crippen molar-refractivity contribution in [3.63, 3.8) is 0 Å². The first-order chi connectivity index (χ1) is 12.2.